The Labute approximate surface area is 80.0 Å². The smallest absolute Gasteiger partial charge is 0.176 e. The molecule has 0 aliphatic heterocycles. The van der Waals surface area contributed by atoms with Crippen LogP contribution in [0.15, 0.2) is 24.7 Å². The molecule has 0 fully saturated rings. The molecule has 0 unspecified atom stereocenters. The molecule has 2 aromatic rings. The summed E-state index contributed by atoms with van der Waals surface area (Å²) in [6.45, 7) is 1.51. The summed E-state index contributed by atoms with van der Waals surface area (Å²) in [5, 5.41) is 0.554. The third-order valence-corrected chi connectivity index (χ3v) is 2.19. The van der Waals surface area contributed by atoms with Gasteiger partial charge in [0.25, 0.3) is 0 Å². The monoisotopic (exact) mass is 194 g/mol. The molecule has 2 rings (SSSR count). The summed E-state index contributed by atoms with van der Waals surface area (Å²) in [6.07, 6.45) is 4.97. The van der Waals surface area contributed by atoms with Crippen LogP contribution < -0.4 is 0 Å². The van der Waals surface area contributed by atoms with Crippen LogP contribution in [0, 0.1) is 0 Å². The van der Waals surface area contributed by atoms with Crippen LogP contribution in [0.4, 0.5) is 0 Å². The number of ketones is 1. The van der Waals surface area contributed by atoms with Gasteiger partial charge in [0.05, 0.1) is 22.4 Å². The SMILES string of the molecule is CC(=O)c1cc(Cl)c2cnccn12. The largest absolute Gasteiger partial charge is 0.310 e. The van der Waals surface area contributed by atoms with Crippen molar-refractivity contribution in [1.82, 2.24) is 9.38 Å². The molecule has 0 aromatic carbocycles. The van der Waals surface area contributed by atoms with Crippen LogP contribution in [-0.4, -0.2) is 15.2 Å². The molecular weight excluding hydrogens is 188 g/mol. The minimum atomic E-state index is -0.00639. The second-order valence-electron chi connectivity index (χ2n) is 2.77. The summed E-state index contributed by atoms with van der Waals surface area (Å²) in [7, 11) is 0. The lowest BCUT2D eigenvalue weighted by Crippen LogP contribution is -1.97. The van der Waals surface area contributed by atoms with Gasteiger partial charge in [-0.05, 0) is 6.07 Å². The number of nitrogens with zero attached hydrogens (tertiary/aromatic N) is 2. The average molecular weight is 195 g/mol. The fourth-order valence-electron chi connectivity index (χ4n) is 1.28. The van der Waals surface area contributed by atoms with Crippen molar-refractivity contribution >= 4 is 22.9 Å². The molecule has 0 aliphatic rings. The van der Waals surface area contributed by atoms with Crippen molar-refractivity contribution in [2.45, 2.75) is 6.92 Å². The summed E-state index contributed by atoms with van der Waals surface area (Å²) in [5.74, 6) is -0.00639. The Morgan fingerprint density at radius 1 is 1.62 bits per heavy atom. The Balaban J connectivity index is 2.85. The lowest BCUT2D eigenvalue weighted by atomic mass is 10.3. The van der Waals surface area contributed by atoms with Gasteiger partial charge in [-0.25, -0.2) is 0 Å². The molecule has 66 valence electrons. The van der Waals surface area contributed by atoms with E-state index in [1.54, 1.807) is 29.1 Å². The molecular formula is C9H7ClN2O. The van der Waals surface area contributed by atoms with Crippen LogP contribution in [0.2, 0.25) is 5.02 Å². The van der Waals surface area contributed by atoms with Crippen molar-refractivity contribution < 1.29 is 4.79 Å². The fraction of sp³-hybridized carbons (Fsp3) is 0.111. The molecule has 0 amide bonds. The maximum atomic E-state index is 11.2. The van der Waals surface area contributed by atoms with Crippen molar-refractivity contribution in [1.29, 1.82) is 0 Å². The first-order valence-electron chi connectivity index (χ1n) is 3.81. The summed E-state index contributed by atoms with van der Waals surface area (Å²) in [4.78, 5) is 15.1. The minimum absolute atomic E-state index is 0.00639. The third-order valence-electron chi connectivity index (χ3n) is 1.89. The summed E-state index contributed by atoms with van der Waals surface area (Å²) >= 11 is 5.91. The van der Waals surface area contributed by atoms with E-state index in [9.17, 15) is 4.79 Å². The number of hydrogen-bond acceptors (Lipinski definition) is 2. The summed E-state index contributed by atoms with van der Waals surface area (Å²) in [6, 6.07) is 1.65. The molecule has 0 atom stereocenters. The Kier molecular flexibility index (Phi) is 1.81. The lowest BCUT2D eigenvalue weighted by Gasteiger charge is -1.96. The van der Waals surface area contributed by atoms with Gasteiger partial charge in [-0.3, -0.25) is 9.78 Å². The van der Waals surface area contributed by atoms with E-state index in [0.29, 0.717) is 10.7 Å². The fourth-order valence-corrected chi connectivity index (χ4v) is 1.53. The number of fused-ring (bicyclic) bond motifs is 1. The Morgan fingerprint density at radius 3 is 3.08 bits per heavy atom. The number of rotatable bonds is 1. The molecule has 0 saturated carbocycles. The highest BCUT2D eigenvalue weighted by molar-refractivity contribution is 6.34. The molecule has 3 nitrogen and oxygen atoms in total. The van der Waals surface area contributed by atoms with Gasteiger partial charge in [0, 0.05) is 19.3 Å². The van der Waals surface area contributed by atoms with Gasteiger partial charge < -0.3 is 4.40 Å². The molecule has 13 heavy (non-hydrogen) atoms. The van der Waals surface area contributed by atoms with E-state index in [4.69, 9.17) is 11.6 Å². The summed E-state index contributed by atoms with van der Waals surface area (Å²) < 4.78 is 1.73. The van der Waals surface area contributed by atoms with Gasteiger partial charge in [-0.15, -0.1) is 0 Å². The Morgan fingerprint density at radius 2 is 2.38 bits per heavy atom. The van der Waals surface area contributed by atoms with E-state index in [1.807, 2.05) is 0 Å². The molecule has 0 spiro atoms. The highest BCUT2D eigenvalue weighted by atomic mass is 35.5. The van der Waals surface area contributed by atoms with E-state index >= 15 is 0 Å². The number of carbonyl (C=O) groups is 1. The number of carbonyl (C=O) groups excluding carboxylic acids is 1. The van der Waals surface area contributed by atoms with Gasteiger partial charge in [0.1, 0.15) is 0 Å². The molecule has 0 bridgehead atoms. The van der Waals surface area contributed by atoms with Crippen LogP contribution in [0.5, 0.6) is 0 Å². The molecule has 2 aromatic heterocycles. The zero-order valence-electron chi connectivity index (χ0n) is 6.99. The van der Waals surface area contributed by atoms with Crippen molar-refractivity contribution in [2.24, 2.45) is 0 Å². The van der Waals surface area contributed by atoms with Crippen LogP contribution in [0.3, 0.4) is 0 Å². The lowest BCUT2D eigenvalue weighted by molar-refractivity contribution is 0.101. The Bertz CT molecular complexity index is 475. The van der Waals surface area contributed by atoms with E-state index in [1.165, 1.54) is 6.92 Å². The van der Waals surface area contributed by atoms with E-state index < -0.39 is 0 Å². The topological polar surface area (TPSA) is 34.4 Å². The van der Waals surface area contributed by atoms with E-state index in [2.05, 4.69) is 4.98 Å². The first-order valence-corrected chi connectivity index (χ1v) is 4.19. The maximum absolute atomic E-state index is 11.2. The van der Waals surface area contributed by atoms with Crippen LogP contribution in [0.25, 0.3) is 5.52 Å². The third kappa shape index (κ3) is 1.21. The number of aromatic nitrogens is 2. The van der Waals surface area contributed by atoms with Gasteiger partial charge >= 0.3 is 0 Å². The molecule has 0 saturated heterocycles. The van der Waals surface area contributed by atoms with Crippen LogP contribution in [0.1, 0.15) is 17.4 Å². The van der Waals surface area contributed by atoms with Gasteiger partial charge in [-0.2, -0.15) is 0 Å². The minimum Gasteiger partial charge on any atom is -0.310 e. The second kappa shape index (κ2) is 2.85. The first-order chi connectivity index (χ1) is 6.20. The van der Waals surface area contributed by atoms with Gasteiger partial charge in [0.2, 0.25) is 0 Å². The zero-order valence-corrected chi connectivity index (χ0v) is 7.75. The molecule has 4 heteroatoms. The summed E-state index contributed by atoms with van der Waals surface area (Å²) in [5.41, 5.74) is 1.34. The number of Topliss-reactive ketones (excluding diaryl/α,β-unsaturated/α-hetero) is 1. The predicted molar refractivity (Wildman–Crippen MR) is 50.2 cm³/mol. The van der Waals surface area contributed by atoms with Crippen LogP contribution in [-0.2, 0) is 0 Å². The average Bonchev–Trinajstić information content (AvgIpc) is 2.45. The second-order valence-corrected chi connectivity index (χ2v) is 3.17. The predicted octanol–water partition coefficient (Wildman–Crippen LogP) is 2.19. The molecule has 0 aliphatic carbocycles. The van der Waals surface area contributed by atoms with Crippen molar-refractivity contribution in [3.63, 3.8) is 0 Å². The number of halogens is 1. The zero-order chi connectivity index (χ0) is 9.42. The van der Waals surface area contributed by atoms with Gasteiger partial charge in [-0.1, -0.05) is 11.6 Å². The molecule has 2 heterocycles. The standard InChI is InChI=1S/C9H7ClN2O/c1-6(13)8-4-7(10)9-5-11-2-3-12(8)9/h2-5H,1H3. The number of hydrogen-bond donors (Lipinski definition) is 0. The molecule has 0 N–H and O–H groups in total. The highest BCUT2D eigenvalue weighted by Crippen LogP contribution is 2.21. The normalized spacial score (nSPS) is 10.6. The van der Waals surface area contributed by atoms with E-state index in [0.717, 1.165) is 5.52 Å². The van der Waals surface area contributed by atoms with Gasteiger partial charge in [0.15, 0.2) is 5.78 Å². The highest BCUT2D eigenvalue weighted by Gasteiger charge is 2.09. The van der Waals surface area contributed by atoms with Crippen LogP contribution >= 0.6 is 11.6 Å². The van der Waals surface area contributed by atoms with Crippen molar-refractivity contribution in [3.05, 3.63) is 35.4 Å². The van der Waals surface area contributed by atoms with Crippen molar-refractivity contribution in [3.8, 4) is 0 Å². The van der Waals surface area contributed by atoms with E-state index in [-0.39, 0.29) is 5.78 Å². The van der Waals surface area contributed by atoms with Crippen molar-refractivity contribution in [2.75, 3.05) is 0 Å². The first kappa shape index (κ1) is 8.26. The Hall–Kier alpha value is -1.35. The quantitative estimate of drug-likeness (QED) is 0.653. The molecule has 0 radical (unpaired) electrons. The maximum Gasteiger partial charge on any atom is 0.176 e.